The molecule has 1 aliphatic rings. The molecule has 0 bridgehead atoms. The summed E-state index contributed by atoms with van der Waals surface area (Å²) in [6, 6.07) is 0. The molecular formula is C9H14O3. The summed E-state index contributed by atoms with van der Waals surface area (Å²) in [7, 11) is 0. The minimum atomic E-state index is 0.0625. The molecule has 0 aromatic heterocycles. The molecule has 0 saturated carbocycles. The van der Waals surface area contributed by atoms with E-state index in [1.807, 2.05) is 0 Å². The average molecular weight is 170 g/mol. The second-order valence-corrected chi connectivity index (χ2v) is 2.66. The van der Waals surface area contributed by atoms with Gasteiger partial charge in [-0.2, -0.15) is 0 Å². The van der Waals surface area contributed by atoms with E-state index in [2.05, 4.69) is 23.8 Å². The van der Waals surface area contributed by atoms with Gasteiger partial charge in [-0.25, -0.2) is 0 Å². The zero-order valence-electron chi connectivity index (χ0n) is 7.23. The Balaban J connectivity index is 0.000000217. The van der Waals surface area contributed by atoms with Gasteiger partial charge in [0.15, 0.2) is 0 Å². The molecule has 3 nitrogen and oxygen atoms in total. The monoisotopic (exact) mass is 170 g/mol. The Bertz CT molecular complexity index is 146. The van der Waals surface area contributed by atoms with Crippen LogP contribution in [0.5, 0.6) is 0 Å². The molecule has 0 spiro atoms. The largest absolute Gasteiger partial charge is 0.398 e. The second kappa shape index (κ2) is 7.98. The molecule has 3 heteroatoms. The van der Waals surface area contributed by atoms with E-state index in [1.54, 1.807) is 0 Å². The van der Waals surface area contributed by atoms with Crippen LogP contribution in [0, 0.1) is 5.92 Å². The van der Waals surface area contributed by atoms with Gasteiger partial charge in [-0.1, -0.05) is 19.1 Å². The predicted octanol–water partition coefficient (Wildman–Crippen LogP) is 1.68. The van der Waals surface area contributed by atoms with E-state index in [1.165, 1.54) is 19.3 Å². The summed E-state index contributed by atoms with van der Waals surface area (Å²) in [5.41, 5.74) is 0. The molecule has 0 radical (unpaired) electrons. The number of hydrogen-bond donors (Lipinski definition) is 0. The second-order valence-electron chi connectivity index (χ2n) is 2.66. The highest BCUT2D eigenvalue weighted by Crippen LogP contribution is 2.14. The lowest BCUT2D eigenvalue weighted by molar-refractivity contribution is -0.141. The van der Waals surface area contributed by atoms with Crippen molar-refractivity contribution in [2.75, 3.05) is 0 Å². The maximum Gasteiger partial charge on any atom is 0.300 e. The molecule has 68 valence electrons. The Hall–Kier alpha value is -1.12. The molecule has 1 unspecified atom stereocenters. The van der Waals surface area contributed by atoms with Crippen LogP contribution in [0.25, 0.3) is 0 Å². The third kappa shape index (κ3) is 6.99. The van der Waals surface area contributed by atoms with Crippen molar-refractivity contribution in [1.29, 1.82) is 0 Å². The Labute approximate surface area is 72.4 Å². The molecule has 0 amide bonds. The molecule has 0 aromatic rings. The topological polar surface area (TPSA) is 43.4 Å². The van der Waals surface area contributed by atoms with Crippen molar-refractivity contribution in [2.45, 2.75) is 26.2 Å². The molecule has 0 saturated heterocycles. The van der Waals surface area contributed by atoms with Crippen molar-refractivity contribution in [1.82, 2.24) is 0 Å². The molecule has 1 aliphatic carbocycles. The van der Waals surface area contributed by atoms with Crippen LogP contribution in [0.3, 0.4) is 0 Å². The molecular weight excluding hydrogens is 156 g/mol. The maximum atomic E-state index is 8.95. The first kappa shape index (κ1) is 10.9. The van der Waals surface area contributed by atoms with Gasteiger partial charge < -0.3 is 4.74 Å². The first-order chi connectivity index (χ1) is 5.81. The summed E-state index contributed by atoms with van der Waals surface area (Å²) < 4.78 is 3.47. The van der Waals surface area contributed by atoms with Gasteiger partial charge in [-0.05, 0) is 25.2 Å². The SMILES string of the molecule is CC1C=CCCC1.O=COC=O. The Morgan fingerprint density at radius 2 is 2.08 bits per heavy atom. The predicted molar refractivity (Wildman–Crippen MR) is 45.4 cm³/mol. The van der Waals surface area contributed by atoms with E-state index in [0.717, 1.165) is 5.92 Å². The fourth-order valence-corrected chi connectivity index (χ4v) is 1.01. The van der Waals surface area contributed by atoms with Crippen LogP contribution in [-0.2, 0) is 14.3 Å². The van der Waals surface area contributed by atoms with Gasteiger partial charge in [0, 0.05) is 0 Å². The Morgan fingerprint density at radius 1 is 1.42 bits per heavy atom. The van der Waals surface area contributed by atoms with E-state index in [4.69, 9.17) is 9.59 Å². The molecule has 0 aromatic carbocycles. The fraction of sp³-hybridized carbons (Fsp3) is 0.556. The summed E-state index contributed by atoms with van der Waals surface area (Å²) in [6.45, 7) is 2.40. The molecule has 0 fully saturated rings. The van der Waals surface area contributed by atoms with Crippen LogP contribution in [0.15, 0.2) is 12.2 Å². The lowest BCUT2D eigenvalue weighted by Gasteiger charge is -2.08. The van der Waals surface area contributed by atoms with Gasteiger partial charge in [0.1, 0.15) is 0 Å². The number of rotatable bonds is 2. The summed E-state index contributed by atoms with van der Waals surface area (Å²) in [5, 5.41) is 0. The van der Waals surface area contributed by atoms with Crippen molar-refractivity contribution in [3.05, 3.63) is 12.2 Å². The minimum Gasteiger partial charge on any atom is -0.398 e. The Kier molecular flexibility index (Phi) is 7.24. The van der Waals surface area contributed by atoms with E-state index in [-0.39, 0.29) is 12.9 Å². The van der Waals surface area contributed by atoms with Crippen molar-refractivity contribution in [3.63, 3.8) is 0 Å². The molecule has 1 atom stereocenters. The van der Waals surface area contributed by atoms with Gasteiger partial charge in [0.2, 0.25) is 0 Å². The van der Waals surface area contributed by atoms with Crippen LogP contribution in [0.2, 0.25) is 0 Å². The lowest BCUT2D eigenvalue weighted by Crippen LogP contribution is -1.92. The average Bonchev–Trinajstić information content (AvgIpc) is 2.08. The molecule has 0 heterocycles. The van der Waals surface area contributed by atoms with Crippen LogP contribution in [-0.4, -0.2) is 12.9 Å². The highest BCUT2D eigenvalue weighted by Gasteiger charge is 1.98. The van der Waals surface area contributed by atoms with Gasteiger partial charge in [0.25, 0.3) is 0 Å². The van der Waals surface area contributed by atoms with Gasteiger partial charge in [-0.15, -0.1) is 0 Å². The number of carbonyl (C=O) groups excluding carboxylic acids is 2. The third-order valence-electron chi connectivity index (χ3n) is 1.61. The molecule has 12 heavy (non-hydrogen) atoms. The zero-order valence-corrected chi connectivity index (χ0v) is 7.23. The standard InChI is InChI=1S/C7H12.C2H2O3/c1-7-5-3-2-4-6-7;3-1-5-2-4/h3,5,7H,2,4,6H2,1H3;1-2H. The van der Waals surface area contributed by atoms with Crippen molar-refractivity contribution in [2.24, 2.45) is 5.92 Å². The number of carbonyl (C=O) groups is 2. The summed E-state index contributed by atoms with van der Waals surface area (Å²) in [6.07, 6.45) is 8.70. The number of allylic oxidation sites excluding steroid dienone is 2. The first-order valence-corrected chi connectivity index (χ1v) is 4.00. The van der Waals surface area contributed by atoms with Gasteiger partial charge >= 0.3 is 12.9 Å². The third-order valence-corrected chi connectivity index (χ3v) is 1.61. The van der Waals surface area contributed by atoms with Crippen LogP contribution >= 0.6 is 0 Å². The van der Waals surface area contributed by atoms with Crippen LogP contribution in [0.1, 0.15) is 26.2 Å². The maximum absolute atomic E-state index is 8.95. The molecule has 0 N–H and O–H groups in total. The quantitative estimate of drug-likeness (QED) is 0.360. The first-order valence-electron chi connectivity index (χ1n) is 4.00. The van der Waals surface area contributed by atoms with E-state index in [9.17, 15) is 0 Å². The van der Waals surface area contributed by atoms with Gasteiger partial charge in [-0.3, -0.25) is 9.59 Å². The lowest BCUT2D eigenvalue weighted by atomic mass is 9.98. The van der Waals surface area contributed by atoms with Crippen molar-refractivity contribution < 1.29 is 14.3 Å². The zero-order chi connectivity index (χ0) is 9.23. The van der Waals surface area contributed by atoms with Crippen molar-refractivity contribution in [3.8, 4) is 0 Å². The summed E-state index contributed by atoms with van der Waals surface area (Å²) in [4.78, 5) is 17.9. The highest BCUT2D eigenvalue weighted by molar-refractivity contribution is 5.55. The highest BCUT2D eigenvalue weighted by atomic mass is 16.6. The van der Waals surface area contributed by atoms with Crippen LogP contribution < -0.4 is 0 Å². The minimum absolute atomic E-state index is 0.0625. The Morgan fingerprint density at radius 3 is 2.25 bits per heavy atom. The fourth-order valence-electron chi connectivity index (χ4n) is 1.01. The van der Waals surface area contributed by atoms with Gasteiger partial charge in [0.05, 0.1) is 0 Å². The number of ether oxygens (including phenoxy) is 1. The molecule has 0 aliphatic heterocycles. The summed E-state index contributed by atoms with van der Waals surface area (Å²) >= 11 is 0. The van der Waals surface area contributed by atoms with Crippen molar-refractivity contribution >= 4 is 12.9 Å². The van der Waals surface area contributed by atoms with E-state index in [0.29, 0.717) is 0 Å². The van der Waals surface area contributed by atoms with E-state index < -0.39 is 0 Å². The molecule has 1 rings (SSSR count). The van der Waals surface area contributed by atoms with E-state index >= 15 is 0 Å². The number of hydrogen-bond acceptors (Lipinski definition) is 3. The normalized spacial score (nSPS) is 20.2. The summed E-state index contributed by atoms with van der Waals surface area (Å²) in [5.74, 6) is 0.855. The smallest absolute Gasteiger partial charge is 0.300 e. The van der Waals surface area contributed by atoms with Crippen LogP contribution in [0.4, 0.5) is 0 Å².